The smallest absolute Gasteiger partial charge is 0.269 e. The lowest BCUT2D eigenvalue weighted by atomic mass is 9.79. The Morgan fingerprint density at radius 3 is 0.676 bits per heavy atom. The van der Waals surface area contributed by atoms with Crippen molar-refractivity contribution in [3.05, 3.63) is 210 Å². The van der Waals surface area contributed by atoms with Gasteiger partial charge < -0.3 is 18.9 Å². The van der Waals surface area contributed by atoms with Crippen LogP contribution in [0.15, 0.2) is 146 Å². The number of ether oxygens (including phenoxy) is 4. The fourth-order valence-corrected chi connectivity index (χ4v) is 10.8. The van der Waals surface area contributed by atoms with E-state index in [0.717, 1.165) is 23.0 Å². The molecule has 0 amide bonds. The number of nitro benzene ring substituents is 2. The lowest BCUT2D eigenvalue weighted by molar-refractivity contribution is -0.385. The van der Waals surface area contributed by atoms with Crippen LogP contribution in [0.4, 0.5) is 11.4 Å². The topological polar surface area (TPSA) is 123 Å². The Morgan fingerprint density at radius 2 is 0.514 bits per heavy atom. The molecule has 0 bridgehead atoms. The van der Waals surface area contributed by atoms with E-state index in [1.165, 1.54) is 146 Å². The Bertz CT molecular complexity index is 3230. The Kier molecular flexibility index (Phi) is 15.0. The minimum atomic E-state index is -0.417. The first-order valence-electron chi connectivity index (χ1n) is 24.3. The predicted molar refractivity (Wildman–Crippen MR) is 302 cm³/mol. The number of hydrogen-bond acceptors (Lipinski definition) is 8. The summed E-state index contributed by atoms with van der Waals surface area (Å²) in [7, 11) is 6.96. The van der Waals surface area contributed by atoms with Gasteiger partial charge >= 0.3 is 0 Å². The fourth-order valence-electron chi connectivity index (χ4n) is 10.8. The maximum atomic E-state index is 10.0. The number of non-ortho nitro benzene ring substituents is 2. The number of nitro groups is 2. The molecular formula is C64H60N2O8. The molecule has 374 valence electrons. The summed E-state index contributed by atoms with van der Waals surface area (Å²) in [5.41, 5.74) is 19.5. The molecule has 10 nitrogen and oxygen atoms in total. The number of aryl methyl sites for hydroxylation is 8. The Balaban J connectivity index is 0.000000340. The number of nitrogens with zero attached hydrogens (tertiary/aromatic N) is 2. The van der Waals surface area contributed by atoms with E-state index in [1.807, 2.05) is 0 Å². The third kappa shape index (κ3) is 9.91. The molecule has 10 aromatic carbocycles. The van der Waals surface area contributed by atoms with Crippen LogP contribution in [-0.2, 0) is 0 Å². The third-order valence-corrected chi connectivity index (χ3v) is 13.9. The molecule has 0 heterocycles. The summed E-state index contributed by atoms with van der Waals surface area (Å²) in [4.78, 5) is 19.2. The van der Waals surface area contributed by atoms with Crippen molar-refractivity contribution in [1.82, 2.24) is 0 Å². The SMILES string of the molecule is COc1cc(C)c(-c2cc(-c3c(C)cc(OC)cc3C)c3ccc4c(-c5c(C)cc(OC)cc5C)cc(-c5c(C)cc(OC)cc5C)c5ccc2c3c54)c(C)c1.O=[N+]([O-])c1ccccc1.O=[N+]([O-])c1ccccc1. The van der Waals surface area contributed by atoms with Crippen LogP contribution in [-0.4, -0.2) is 38.3 Å². The largest absolute Gasteiger partial charge is 0.497 e. The highest BCUT2D eigenvalue weighted by molar-refractivity contribution is 6.32. The maximum Gasteiger partial charge on any atom is 0.269 e. The van der Waals surface area contributed by atoms with Gasteiger partial charge in [0.05, 0.1) is 38.3 Å². The molecule has 10 aromatic rings. The molecule has 0 radical (unpaired) electrons. The Morgan fingerprint density at radius 1 is 0.311 bits per heavy atom. The monoisotopic (exact) mass is 984 g/mol. The van der Waals surface area contributed by atoms with Gasteiger partial charge in [0.2, 0.25) is 0 Å². The summed E-state index contributed by atoms with van der Waals surface area (Å²) in [6.45, 7) is 17.6. The summed E-state index contributed by atoms with van der Waals surface area (Å²) in [6.07, 6.45) is 0. The average Bonchev–Trinajstić information content (AvgIpc) is 3.38. The predicted octanol–water partition coefficient (Wildman–Crippen LogP) is 16.9. The summed E-state index contributed by atoms with van der Waals surface area (Å²) in [5, 5.41) is 27.5. The van der Waals surface area contributed by atoms with Gasteiger partial charge in [0.25, 0.3) is 11.4 Å². The van der Waals surface area contributed by atoms with Gasteiger partial charge in [-0.15, -0.1) is 0 Å². The molecule has 0 N–H and O–H groups in total. The summed E-state index contributed by atoms with van der Waals surface area (Å²) in [6, 6.07) is 47.4. The molecule has 0 atom stereocenters. The Hall–Kier alpha value is -8.76. The normalized spacial score (nSPS) is 10.9. The zero-order valence-electron chi connectivity index (χ0n) is 44.0. The van der Waals surface area contributed by atoms with Crippen molar-refractivity contribution >= 4 is 43.7 Å². The molecule has 0 aliphatic heterocycles. The van der Waals surface area contributed by atoms with Gasteiger partial charge in [0.15, 0.2) is 0 Å². The van der Waals surface area contributed by atoms with Gasteiger partial charge in [0.1, 0.15) is 23.0 Å². The minimum Gasteiger partial charge on any atom is -0.497 e. The molecule has 0 unspecified atom stereocenters. The minimum absolute atomic E-state index is 0.137. The van der Waals surface area contributed by atoms with E-state index < -0.39 is 9.85 Å². The quantitative estimate of drug-likeness (QED) is 0.0754. The van der Waals surface area contributed by atoms with Gasteiger partial charge in [-0.25, -0.2) is 0 Å². The maximum absolute atomic E-state index is 10.0. The van der Waals surface area contributed by atoms with E-state index in [2.05, 4.69) is 140 Å². The Labute approximate surface area is 432 Å². The second-order valence-corrected chi connectivity index (χ2v) is 18.7. The summed E-state index contributed by atoms with van der Waals surface area (Å²) >= 11 is 0. The highest BCUT2D eigenvalue weighted by Gasteiger charge is 2.25. The molecule has 0 spiro atoms. The molecule has 0 aliphatic rings. The molecule has 0 saturated carbocycles. The lowest BCUT2D eigenvalue weighted by Gasteiger charge is -2.25. The van der Waals surface area contributed by atoms with E-state index in [4.69, 9.17) is 18.9 Å². The van der Waals surface area contributed by atoms with E-state index in [1.54, 1.807) is 64.8 Å². The van der Waals surface area contributed by atoms with Crippen LogP contribution in [0.1, 0.15) is 44.5 Å². The summed E-state index contributed by atoms with van der Waals surface area (Å²) < 4.78 is 23.0. The van der Waals surface area contributed by atoms with Gasteiger partial charge in [-0.05, 0) is 237 Å². The van der Waals surface area contributed by atoms with Crippen LogP contribution in [0.3, 0.4) is 0 Å². The van der Waals surface area contributed by atoms with Gasteiger partial charge in [-0.2, -0.15) is 0 Å². The van der Waals surface area contributed by atoms with Crippen molar-refractivity contribution < 1.29 is 28.8 Å². The molecule has 0 aromatic heterocycles. The van der Waals surface area contributed by atoms with Gasteiger partial charge in [0, 0.05) is 24.3 Å². The van der Waals surface area contributed by atoms with Crippen LogP contribution >= 0.6 is 0 Å². The van der Waals surface area contributed by atoms with Crippen molar-refractivity contribution in [1.29, 1.82) is 0 Å². The van der Waals surface area contributed by atoms with Gasteiger partial charge in [-0.1, -0.05) is 60.7 Å². The first-order chi connectivity index (χ1) is 35.5. The van der Waals surface area contributed by atoms with E-state index in [9.17, 15) is 20.2 Å². The zero-order valence-corrected chi connectivity index (χ0v) is 44.0. The molecule has 0 saturated heterocycles. The number of rotatable bonds is 10. The molecule has 10 heteroatoms. The number of para-hydroxylation sites is 2. The second kappa shape index (κ2) is 21.5. The van der Waals surface area contributed by atoms with E-state index in [-0.39, 0.29) is 11.4 Å². The third-order valence-electron chi connectivity index (χ3n) is 13.9. The van der Waals surface area contributed by atoms with Crippen LogP contribution in [0.5, 0.6) is 23.0 Å². The van der Waals surface area contributed by atoms with Crippen LogP contribution in [0.2, 0.25) is 0 Å². The van der Waals surface area contributed by atoms with E-state index >= 15 is 0 Å². The summed E-state index contributed by atoms with van der Waals surface area (Å²) in [5.74, 6) is 3.48. The van der Waals surface area contributed by atoms with Crippen LogP contribution in [0, 0.1) is 75.6 Å². The van der Waals surface area contributed by atoms with E-state index in [0.29, 0.717) is 0 Å². The lowest BCUT2D eigenvalue weighted by Crippen LogP contribution is -2.00. The standard InChI is InChI=1S/C52H50O4.2C6H5NO2/c1-27-17-35(53-9)18-28(2)47(27)43-25-44(48-29(3)19-36(54-10)20-30(48)4)40-15-16-42-46(50-33(7)23-38(56-12)24-34(50)8)26-45(41-14-13-39(43)51(40)52(41)42)49-31(5)21-37(55-11)22-32(49)6;2*8-7(9)6-4-2-1-3-5-6/h13-26H,1-12H3;2*1-5H. The first-order valence-corrected chi connectivity index (χ1v) is 24.3. The average molecular weight is 985 g/mol. The van der Waals surface area contributed by atoms with Crippen LogP contribution in [0.25, 0.3) is 76.8 Å². The van der Waals surface area contributed by atoms with Gasteiger partial charge in [-0.3, -0.25) is 20.2 Å². The van der Waals surface area contributed by atoms with Crippen molar-refractivity contribution in [2.45, 2.75) is 55.4 Å². The van der Waals surface area contributed by atoms with Crippen molar-refractivity contribution in [2.75, 3.05) is 28.4 Å². The highest BCUT2D eigenvalue weighted by atomic mass is 16.6. The molecule has 0 fully saturated rings. The molecule has 74 heavy (non-hydrogen) atoms. The van der Waals surface area contributed by atoms with Crippen molar-refractivity contribution in [3.63, 3.8) is 0 Å². The van der Waals surface area contributed by atoms with Crippen molar-refractivity contribution in [2.24, 2.45) is 0 Å². The highest BCUT2D eigenvalue weighted by Crippen LogP contribution is 2.52. The fraction of sp³-hybridized carbons (Fsp3) is 0.188. The molecule has 10 rings (SSSR count). The van der Waals surface area contributed by atoms with Crippen LogP contribution < -0.4 is 18.9 Å². The zero-order chi connectivity index (χ0) is 53.1. The first kappa shape index (κ1) is 51.6. The number of hydrogen-bond donors (Lipinski definition) is 0. The molecular weight excluding hydrogens is 925 g/mol. The number of benzene rings is 10. The van der Waals surface area contributed by atoms with Crippen molar-refractivity contribution in [3.8, 4) is 67.5 Å². The second-order valence-electron chi connectivity index (χ2n) is 18.7. The molecule has 0 aliphatic carbocycles. The number of methoxy groups -OCH3 is 4.